The van der Waals surface area contributed by atoms with Crippen molar-refractivity contribution in [2.24, 2.45) is 5.92 Å². The predicted octanol–water partition coefficient (Wildman–Crippen LogP) is 1.18. The van der Waals surface area contributed by atoms with Crippen molar-refractivity contribution in [1.82, 2.24) is 0 Å². The molecular formula is C6H9ClO2. The van der Waals surface area contributed by atoms with Crippen molar-refractivity contribution in [3.05, 3.63) is 0 Å². The summed E-state index contributed by atoms with van der Waals surface area (Å²) in [4.78, 5) is 10.7. The summed E-state index contributed by atoms with van der Waals surface area (Å²) in [6.07, 6.45) is 0.747. The summed E-state index contributed by atoms with van der Waals surface area (Å²) in [6.45, 7) is 1.86. The van der Waals surface area contributed by atoms with E-state index in [0.29, 0.717) is 5.88 Å². The lowest BCUT2D eigenvalue weighted by Crippen LogP contribution is -2.07. The summed E-state index contributed by atoms with van der Waals surface area (Å²) in [7, 11) is 0. The Balaban J connectivity index is 2.44. The summed E-state index contributed by atoms with van der Waals surface area (Å²) in [6, 6.07) is 0. The van der Waals surface area contributed by atoms with Crippen LogP contribution in [-0.4, -0.2) is 18.0 Å². The molecule has 0 aliphatic carbocycles. The number of alkyl halides is 1. The molecule has 0 unspecified atom stereocenters. The Morgan fingerprint density at radius 2 is 2.56 bits per heavy atom. The molecule has 3 heteroatoms. The van der Waals surface area contributed by atoms with Gasteiger partial charge in [0.2, 0.25) is 0 Å². The van der Waals surface area contributed by atoms with Crippen molar-refractivity contribution in [1.29, 1.82) is 0 Å². The Labute approximate surface area is 59.1 Å². The number of ether oxygens (including phenoxy) is 1. The molecular weight excluding hydrogens is 140 g/mol. The fraction of sp³-hybridized carbons (Fsp3) is 0.833. The normalized spacial score (nSPS) is 34.7. The number of rotatable bonds is 1. The van der Waals surface area contributed by atoms with Gasteiger partial charge in [0.15, 0.2) is 0 Å². The highest BCUT2D eigenvalue weighted by Gasteiger charge is 2.29. The number of hydrogen-bond donors (Lipinski definition) is 0. The molecule has 52 valence electrons. The molecule has 0 saturated carbocycles. The van der Waals surface area contributed by atoms with Crippen molar-refractivity contribution in [3.8, 4) is 0 Å². The largest absolute Gasteiger partial charge is 0.461 e. The number of carbonyl (C=O) groups is 1. The Bertz CT molecular complexity index is 124. The number of cyclic esters (lactones) is 1. The highest BCUT2D eigenvalue weighted by molar-refractivity contribution is 6.18. The Morgan fingerprint density at radius 3 is 2.78 bits per heavy atom. The van der Waals surface area contributed by atoms with Gasteiger partial charge in [-0.1, -0.05) is 6.92 Å². The molecule has 0 amide bonds. The zero-order chi connectivity index (χ0) is 6.85. The molecule has 1 aliphatic heterocycles. The van der Waals surface area contributed by atoms with Gasteiger partial charge in [-0.2, -0.15) is 0 Å². The van der Waals surface area contributed by atoms with Crippen molar-refractivity contribution in [3.63, 3.8) is 0 Å². The standard InChI is InChI=1S/C6H9ClO2/c1-4-2-5(3-7)9-6(4)8/h4-5H,2-3H2,1H3/t4-,5-/m0/s1. The monoisotopic (exact) mass is 148 g/mol. The lowest BCUT2D eigenvalue weighted by Gasteiger charge is -2.00. The molecule has 0 N–H and O–H groups in total. The first-order valence-corrected chi connectivity index (χ1v) is 3.54. The zero-order valence-electron chi connectivity index (χ0n) is 5.26. The molecule has 2 atom stereocenters. The summed E-state index contributed by atoms with van der Waals surface area (Å²) in [5, 5.41) is 0. The van der Waals surface area contributed by atoms with Crippen molar-refractivity contribution in [2.45, 2.75) is 19.4 Å². The summed E-state index contributed by atoms with van der Waals surface area (Å²) < 4.78 is 4.85. The molecule has 1 saturated heterocycles. The van der Waals surface area contributed by atoms with E-state index in [2.05, 4.69) is 0 Å². The third-order valence-corrected chi connectivity index (χ3v) is 1.82. The maximum atomic E-state index is 10.7. The van der Waals surface area contributed by atoms with E-state index in [1.54, 1.807) is 0 Å². The Kier molecular flexibility index (Phi) is 1.96. The molecule has 0 bridgehead atoms. The van der Waals surface area contributed by atoms with Crippen LogP contribution in [0.1, 0.15) is 13.3 Å². The van der Waals surface area contributed by atoms with Gasteiger partial charge in [0.25, 0.3) is 0 Å². The maximum Gasteiger partial charge on any atom is 0.309 e. The lowest BCUT2D eigenvalue weighted by atomic mass is 10.1. The summed E-state index contributed by atoms with van der Waals surface area (Å²) in [5.74, 6) is 0.366. The van der Waals surface area contributed by atoms with Crippen LogP contribution >= 0.6 is 11.6 Å². The van der Waals surface area contributed by atoms with Gasteiger partial charge in [-0.3, -0.25) is 4.79 Å². The average Bonchev–Trinajstić information content (AvgIpc) is 2.13. The van der Waals surface area contributed by atoms with E-state index < -0.39 is 0 Å². The topological polar surface area (TPSA) is 26.3 Å². The van der Waals surface area contributed by atoms with Crippen LogP contribution < -0.4 is 0 Å². The van der Waals surface area contributed by atoms with E-state index in [4.69, 9.17) is 16.3 Å². The second kappa shape index (κ2) is 2.56. The van der Waals surface area contributed by atoms with Gasteiger partial charge < -0.3 is 4.74 Å². The SMILES string of the molecule is C[C@H]1C[C@@H](CCl)OC1=O. The number of carbonyl (C=O) groups excluding carboxylic acids is 1. The van der Waals surface area contributed by atoms with Crippen LogP contribution in [0.25, 0.3) is 0 Å². The fourth-order valence-corrected chi connectivity index (χ4v) is 1.10. The molecule has 2 nitrogen and oxygen atoms in total. The predicted molar refractivity (Wildman–Crippen MR) is 34.4 cm³/mol. The Morgan fingerprint density at radius 1 is 1.89 bits per heavy atom. The average molecular weight is 149 g/mol. The highest BCUT2D eigenvalue weighted by Crippen LogP contribution is 2.20. The van der Waals surface area contributed by atoms with Gasteiger partial charge in [-0.05, 0) is 6.42 Å². The van der Waals surface area contributed by atoms with E-state index in [9.17, 15) is 4.79 Å². The molecule has 0 radical (unpaired) electrons. The zero-order valence-corrected chi connectivity index (χ0v) is 6.02. The van der Waals surface area contributed by atoms with Crippen LogP contribution in [0, 0.1) is 5.92 Å². The van der Waals surface area contributed by atoms with Crippen LogP contribution in [0.4, 0.5) is 0 Å². The smallest absolute Gasteiger partial charge is 0.309 e. The molecule has 1 fully saturated rings. The first kappa shape index (κ1) is 6.87. The second-order valence-corrected chi connectivity index (χ2v) is 2.66. The van der Waals surface area contributed by atoms with Gasteiger partial charge in [-0.25, -0.2) is 0 Å². The first-order chi connectivity index (χ1) is 4.24. The molecule has 0 aromatic carbocycles. The minimum atomic E-state index is -0.111. The van der Waals surface area contributed by atoms with Crippen molar-refractivity contribution in [2.75, 3.05) is 5.88 Å². The summed E-state index contributed by atoms with van der Waals surface area (Å²) in [5.41, 5.74) is 0. The van der Waals surface area contributed by atoms with Crippen molar-refractivity contribution < 1.29 is 9.53 Å². The van der Waals surface area contributed by atoms with Crippen LogP contribution in [-0.2, 0) is 9.53 Å². The van der Waals surface area contributed by atoms with E-state index in [1.807, 2.05) is 6.92 Å². The van der Waals surface area contributed by atoms with Gasteiger partial charge in [0.05, 0.1) is 11.8 Å². The molecule has 1 rings (SSSR count). The molecule has 1 heterocycles. The maximum absolute atomic E-state index is 10.7. The van der Waals surface area contributed by atoms with Crippen LogP contribution in [0.2, 0.25) is 0 Å². The van der Waals surface area contributed by atoms with E-state index >= 15 is 0 Å². The molecule has 0 aromatic rings. The quantitative estimate of drug-likeness (QED) is 0.412. The van der Waals surface area contributed by atoms with Crippen LogP contribution in [0.15, 0.2) is 0 Å². The number of hydrogen-bond acceptors (Lipinski definition) is 2. The third-order valence-electron chi connectivity index (χ3n) is 1.47. The van der Waals surface area contributed by atoms with Crippen LogP contribution in [0.5, 0.6) is 0 Å². The molecule has 9 heavy (non-hydrogen) atoms. The van der Waals surface area contributed by atoms with E-state index in [1.165, 1.54) is 0 Å². The van der Waals surface area contributed by atoms with Crippen molar-refractivity contribution >= 4 is 17.6 Å². The third kappa shape index (κ3) is 1.36. The van der Waals surface area contributed by atoms with E-state index in [-0.39, 0.29) is 18.0 Å². The minimum Gasteiger partial charge on any atom is -0.461 e. The summed E-state index contributed by atoms with van der Waals surface area (Å²) >= 11 is 5.46. The van der Waals surface area contributed by atoms with Gasteiger partial charge in [-0.15, -0.1) is 11.6 Å². The highest BCUT2D eigenvalue weighted by atomic mass is 35.5. The van der Waals surface area contributed by atoms with Crippen LogP contribution in [0.3, 0.4) is 0 Å². The van der Waals surface area contributed by atoms with E-state index in [0.717, 1.165) is 6.42 Å². The molecule has 1 aliphatic rings. The Hall–Kier alpha value is -0.240. The molecule has 0 aromatic heterocycles. The number of halogens is 1. The second-order valence-electron chi connectivity index (χ2n) is 2.35. The fourth-order valence-electron chi connectivity index (χ4n) is 0.914. The minimum absolute atomic E-state index is 0.0332. The molecule has 0 spiro atoms. The lowest BCUT2D eigenvalue weighted by molar-refractivity contribution is -0.143. The first-order valence-electron chi connectivity index (χ1n) is 3.00. The van der Waals surface area contributed by atoms with Gasteiger partial charge in [0.1, 0.15) is 6.10 Å². The van der Waals surface area contributed by atoms with Gasteiger partial charge in [0, 0.05) is 0 Å². The number of esters is 1. The van der Waals surface area contributed by atoms with Gasteiger partial charge >= 0.3 is 5.97 Å².